The van der Waals surface area contributed by atoms with Crippen molar-refractivity contribution in [3.63, 3.8) is 0 Å². The molecule has 1 atom stereocenters. The summed E-state index contributed by atoms with van der Waals surface area (Å²) in [6.45, 7) is 1.75. The minimum atomic E-state index is -3.04. The molecule has 1 aliphatic rings. The lowest BCUT2D eigenvalue weighted by atomic mass is 10.1. The molecule has 1 aromatic carbocycles. The van der Waals surface area contributed by atoms with Crippen LogP contribution in [-0.4, -0.2) is 55.8 Å². The van der Waals surface area contributed by atoms with Crippen molar-refractivity contribution in [1.29, 1.82) is 0 Å². The third-order valence-corrected chi connectivity index (χ3v) is 5.98. The summed E-state index contributed by atoms with van der Waals surface area (Å²) in [5, 5.41) is 3.34. The van der Waals surface area contributed by atoms with Crippen LogP contribution in [0.4, 0.5) is 0 Å². The van der Waals surface area contributed by atoms with Crippen LogP contribution in [-0.2, 0) is 25.8 Å². The van der Waals surface area contributed by atoms with Gasteiger partial charge in [-0.2, -0.15) is 0 Å². The number of amides is 2. The Morgan fingerprint density at radius 1 is 1.29 bits per heavy atom. The van der Waals surface area contributed by atoms with Gasteiger partial charge in [0.15, 0.2) is 9.84 Å². The highest BCUT2D eigenvalue weighted by Crippen LogP contribution is 2.12. The van der Waals surface area contributed by atoms with E-state index in [0.717, 1.165) is 5.56 Å². The fourth-order valence-corrected chi connectivity index (χ4v) is 4.42. The molecule has 1 unspecified atom stereocenters. The van der Waals surface area contributed by atoms with E-state index in [-0.39, 0.29) is 35.9 Å². The van der Waals surface area contributed by atoms with Crippen molar-refractivity contribution in [3.05, 3.63) is 34.9 Å². The quantitative estimate of drug-likeness (QED) is 0.808. The lowest BCUT2D eigenvalue weighted by Crippen LogP contribution is -2.44. The van der Waals surface area contributed by atoms with Crippen LogP contribution in [0.5, 0.6) is 0 Å². The molecule has 132 valence electrons. The number of carbonyl (C=O) groups is 2. The van der Waals surface area contributed by atoms with Gasteiger partial charge in [-0.05, 0) is 30.5 Å². The first-order chi connectivity index (χ1) is 11.2. The zero-order valence-electron chi connectivity index (χ0n) is 13.5. The smallest absolute Gasteiger partial charge is 0.239 e. The number of benzene rings is 1. The standard InChI is InChI=1S/C16H21ClN2O4S/c1-12(20)19(8-6-13-2-4-14(17)5-3-13)10-16(21)18-15-7-9-24(22,23)11-15/h2-5,15H,6-11H2,1H3,(H,18,21). The molecule has 0 saturated carbocycles. The second kappa shape index (κ2) is 7.98. The Morgan fingerprint density at radius 2 is 1.96 bits per heavy atom. The van der Waals surface area contributed by atoms with Gasteiger partial charge in [0.05, 0.1) is 18.1 Å². The van der Waals surface area contributed by atoms with Gasteiger partial charge in [0, 0.05) is 24.5 Å². The summed E-state index contributed by atoms with van der Waals surface area (Å²) in [6.07, 6.45) is 1.04. The molecule has 0 bridgehead atoms. The second-order valence-corrected chi connectivity index (χ2v) is 8.65. The maximum absolute atomic E-state index is 12.1. The van der Waals surface area contributed by atoms with Gasteiger partial charge in [-0.1, -0.05) is 23.7 Å². The molecule has 1 aliphatic heterocycles. The molecule has 1 aromatic rings. The fraction of sp³-hybridized carbons (Fsp3) is 0.500. The molecule has 1 heterocycles. The third kappa shape index (κ3) is 5.79. The molecular formula is C16H21ClN2O4S. The molecule has 0 aromatic heterocycles. The van der Waals surface area contributed by atoms with E-state index in [4.69, 9.17) is 11.6 Å². The highest BCUT2D eigenvalue weighted by molar-refractivity contribution is 7.91. The van der Waals surface area contributed by atoms with Gasteiger partial charge in [0.2, 0.25) is 11.8 Å². The van der Waals surface area contributed by atoms with Gasteiger partial charge in [-0.15, -0.1) is 0 Å². The summed E-state index contributed by atoms with van der Waals surface area (Å²) >= 11 is 5.83. The molecule has 1 saturated heterocycles. The molecule has 2 amide bonds. The summed E-state index contributed by atoms with van der Waals surface area (Å²) < 4.78 is 22.8. The molecule has 0 radical (unpaired) electrons. The molecule has 1 N–H and O–H groups in total. The van der Waals surface area contributed by atoms with E-state index in [1.807, 2.05) is 12.1 Å². The van der Waals surface area contributed by atoms with Crippen LogP contribution in [0.15, 0.2) is 24.3 Å². The van der Waals surface area contributed by atoms with Crippen LogP contribution < -0.4 is 5.32 Å². The van der Waals surface area contributed by atoms with Crippen molar-refractivity contribution in [1.82, 2.24) is 10.2 Å². The van der Waals surface area contributed by atoms with E-state index in [0.29, 0.717) is 24.4 Å². The SMILES string of the molecule is CC(=O)N(CCc1ccc(Cl)cc1)CC(=O)NC1CCS(=O)(=O)C1. The van der Waals surface area contributed by atoms with Crippen LogP contribution in [0.1, 0.15) is 18.9 Å². The largest absolute Gasteiger partial charge is 0.351 e. The van der Waals surface area contributed by atoms with E-state index in [1.165, 1.54) is 11.8 Å². The normalized spacial score (nSPS) is 19.0. The van der Waals surface area contributed by atoms with E-state index in [9.17, 15) is 18.0 Å². The fourth-order valence-electron chi connectivity index (χ4n) is 2.62. The van der Waals surface area contributed by atoms with Crippen LogP contribution in [0, 0.1) is 0 Å². The van der Waals surface area contributed by atoms with Crippen molar-refractivity contribution >= 4 is 33.3 Å². The minimum absolute atomic E-state index is 0.0242. The number of nitrogens with one attached hydrogen (secondary N) is 1. The summed E-state index contributed by atoms with van der Waals surface area (Å²) in [5.74, 6) is -0.448. The number of rotatable bonds is 6. The highest BCUT2D eigenvalue weighted by Gasteiger charge is 2.29. The van der Waals surface area contributed by atoms with Crippen molar-refractivity contribution in [3.8, 4) is 0 Å². The Kier molecular flexibility index (Phi) is 6.23. The number of nitrogens with zero attached hydrogens (tertiary/aromatic N) is 1. The third-order valence-electron chi connectivity index (χ3n) is 3.96. The van der Waals surface area contributed by atoms with Crippen molar-refractivity contribution in [2.24, 2.45) is 0 Å². The predicted molar refractivity (Wildman–Crippen MR) is 92.6 cm³/mol. The van der Waals surface area contributed by atoms with E-state index in [2.05, 4.69) is 5.32 Å². The molecular weight excluding hydrogens is 352 g/mol. The van der Waals surface area contributed by atoms with Crippen LogP contribution in [0.25, 0.3) is 0 Å². The van der Waals surface area contributed by atoms with Gasteiger partial charge in [0.25, 0.3) is 0 Å². The van der Waals surface area contributed by atoms with Gasteiger partial charge < -0.3 is 10.2 Å². The second-order valence-electron chi connectivity index (χ2n) is 5.98. The topological polar surface area (TPSA) is 83.6 Å². The van der Waals surface area contributed by atoms with Crippen molar-refractivity contribution in [2.45, 2.75) is 25.8 Å². The van der Waals surface area contributed by atoms with Crippen LogP contribution >= 0.6 is 11.6 Å². The Morgan fingerprint density at radius 3 is 2.50 bits per heavy atom. The monoisotopic (exact) mass is 372 g/mol. The maximum Gasteiger partial charge on any atom is 0.239 e. The lowest BCUT2D eigenvalue weighted by molar-refractivity contribution is -0.134. The first kappa shape index (κ1) is 18.7. The molecule has 6 nitrogen and oxygen atoms in total. The number of carbonyl (C=O) groups excluding carboxylic acids is 2. The van der Waals surface area contributed by atoms with Crippen LogP contribution in [0.2, 0.25) is 5.02 Å². The van der Waals surface area contributed by atoms with Crippen molar-refractivity contribution < 1.29 is 18.0 Å². The van der Waals surface area contributed by atoms with Gasteiger partial charge in [-0.25, -0.2) is 8.42 Å². The summed E-state index contributed by atoms with van der Waals surface area (Å²) in [7, 11) is -3.04. The van der Waals surface area contributed by atoms with Gasteiger partial charge in [0.1, 0.15) is 0 Å². The summed E-state index contributed by atoms with van der Waals surface area (Å²) in [5.41, 5.74) is 1.02. The average Bonchev–Trinajstić information content (AvgIpc) is 2.83. The van der Waals surface area contributed by atoms with Crippen LogP contribution in [0.3, 0.4) is 0 Å². The lowest BCUT2D eigenvalue weighted by Gasteiger charge is -2.21. The Bertz CT molecular complexity index is 703. The van der Waals surface area contributed by atoms with E-state index >= 15 is 0 Å². The van der Waals surface area contributed by atoms with E-state index in [1.54, 1.807) is 12.1 Å². The number of halogens is 1. The average molecular weight is 373 g/mol. The molecule has 1 fully saturated rings. The Balaban J connectivity index is 1.85. The molecule has 0 spiro atoms. The molecule has 8 heteroatoms. The van der Waals surface area contributed by atoms with Crippen molar-refractivity contribution in [2.75, 3.05) is 24.6 Å². The summed E-state index contributed by atoms with van der Waals surface area (Å²) in [6, 6.07) is 6.96. The molecule has 24 heavy (non-hydrogen) atoms. The zero-order valence-corrected chi connectivity index (χ0v) is 15.1. The van der Waals surface area contributed by atoms with Gasteiger partial charge in [-0.3, -0.25) is 9.59 Å². The number of hydrogen-bond donors (Lipinski definition) is 1. The zero-order chi connectivity index (χ0) is 17.7. The van der Waals surface area contributed by atoms with E-state index < -0.39 is 9.84 Å². The molecule has 2 rings (SSSR count). The highest BCUT2D eigenvalue weighted by atomic mass is 35.5. The van der Waals surface area contributed by atoms with Gasteiger partial charge >= 0.3 is 0 Å². The number of sulfone groups is 1. The first-order valence-corrected chi connectivity index (χ1v) is 9.95. The predicted octanol–water partition coefficient (Wildman–Crippen LogP) is 1.03. The molecule has 0 aliphatic carbocycles. The Hall–Kier alpha value is -1.60. The summed E-state index contributed by atoms with van der Waals surface area (Å²) in [4.78, 5) is 25.2. The first-order valence-electron chi connectivity index (χ1n) is 7.75. The Labute approximate surface area is 147 Å². The minimum Gasteiger partial charge on any atom is -0.351 e. The number of hydrogen-bond acceptors (Lipinski definition) is 4. The maximum atomic E-state index is 12.1.